The Bertz CT molecular complexity index is 842. The first kappa shape index (κ1) is 31.3. The van der Waals surface area contributed by atoms with Crippen molar-refractivity contribution in [1.82, 2.24) is 4.90 Å². The Labute approximate surface area is 232 Å². The number of aliphatic hydroxyl groups excluding tert-OH is 1. The average Bonchev–Trinajstić information content (AvgIpc) is 3.36. The van der Waals surface area contributed by atoms with Crippen molar-refractivity contribution in [2.75, 3.05) is 13.7 Å². The Morgan fingerprint density at radius 1 is 1.08 bits per heavy atom. The fraction of sp³-hybridized carbons (Fsp3) is 0.893. The van der Waals surface area contributed by atoms with E-state index in [1.807, 2.05) is 20.8 Å². The molecule has 10 unspecified atom stereocenters. The molecular weight excluding hydrogens is 510 g/mol. The zero-order valence-corrected chi connectivity index (χ0v) is 24.4. The van der Waals surface area contributed by atoms with Gasteiger partial charge in [-0.05, 0) is 82.5 Å². The van der Waals surface area contributed by atoms with E-state index >= 15 is 0 Å². The van der Waals surface area contributed by atoms with Crippen molar-refractivity contribution in [2.45, 2.75) is 121 Å². The van der Waals surface area contributed by atoms with Gasteiger partial charge in [0.2, 0.25) is 5.79 Å². The number of nitrogens with zero attached hydrogens (tertiary/aromatic N) is 1. The third-order valence-electron chi connectivity index (χ3n) is 9.04. The van der Waals surface area contributed by atoms with Gasteiger partial charge in [-0.25, -0.2) is 4.79 Å². The summed E-state index contributed by atoms with van der Waals surface area (Å²) >= 11 is 4.23. The van der Waals surface area contributed by atoms with Crippen LogP contribution in [0.5, 0.6) is 0 Å². The van der Waals surface area contributed by atoms with Crippen molar-refractivity contribution >= 4 is 30.3 Å². The summed E-state index contributed by atoms with van der Waals surface area (Å²) in [5.74, 6) is -4.47. The second-order valence-electron chi connectivity index (χ2n) is 11.2. The van der Waals surface area contributed by atoms with Gasteiger partial charge in [-0.2, -0.15) is 0 Å². The van der Waals surface area contributed by atoms with Gasteiger partial charge in [-0.3, -0.25) is 9.59 Å². The molecule has 2 heterocycles. The number of likely N-dealkylation sites (tertiary alicyclic amines) is 1. The van der Waals surface area contributed by atoms with Crippen LogP contribution >= 0.6 is 12.6 Å². The summed E-state index contributed by atoms with van der Waals surface area (Å²) in [6, 6.07) is -0.871. The first-order valence-electron chi connectivity index (χ1n) is 14.4. The number of fused-ring (bicyclic) bond motifs is 1. The van der Waals surface area contributed by atoms with Gasteiger partial charge >= 0.3 is 5.97 Å². The Hall–Kier alpha value is -1.20. The van der Waals surface area contributed by atoms with Crippen molar-refractivity contribution in [3.8, 4) is 0 Å². The highest BCUT2D eigenvalue weighted by Crippen LogP contribution is 2.47. The SMILES string of the molecule is CC.COC1C(O)CCC2CC(C(C)OC(=O)C3CCCCN3C(=O)C(=O)C3(O)OC(S)CCC3C)CC21. The van der Waals surface area contributed by atoms with Crippen LogP contribution in [0.3, 0.4) is 0 Å². The van der Waals surface area contributed by atoms with Crippen LogP contribution in [-0.4, -0.2) is 82.0 Å². The van der Waals surface area contributed by atoms with Crippen LogP contribution < -0.4 is 0 Å². The zero-order valence-electron chi connectivity index (χ0n) is 23.5. The summed E-state index contributed by atoms with van der Waals surface area (Å²) in [5, 5.41) is 21.3. The molecule has 0 aromatic carbocycles. The molecule has 2 saturated carbocycles. The highest BCUT2D eigenvalue weighted by molar-refractivity contribution is 7.80. The molecule has 0 aromatic heterocycles. The topological polar surface area (TPSA) is 123 Å². The summed E-state index contributed by atoms with van der Waals surface area (Å²) in [6.07, 6.45) is 5.23. The van der Waals surface area contributed by atoms with Crippen molar-refractivity contribution in [3.05, 3.63) is 0 Å². The second kappa shape index (κ2) is 13.4. The van der Waals surface area contributed by atoms with Crippen LogP contribution in [0.4, 0.5) is 0 Å². The van der Waals surface area contributed by atoms with Gasteiger partial charge in [0.1, 0.15) is 17.6 Å². The molecule has 2 aliphatic heterocycles. The summed E-state index contributed by atoms with van der Waals surface area (Å²) in [5.41, 5.74) is -0.639. The van der Waals surface area contributed by atoms with E-state index in [-0.39, 0.29) is 30.6 Å². The van der Waals surface area contributed by atoms with Gasteiger partial charge in [-0.15, -0.1) is 12.6 Å². The molecule has 218 valence electrons. The minimum Gasteiger partial charge on any atom is -0.461 e. The van der Waals surface area contributed by atoms with Gasteiger partial charge in [0.15, 0.2) is 0 Å². The number of Topliss-reactive ketones (excluding diaryl/α,β-unsaturated/α-hetero) is 1. The van der Waals surface area contributed by atoms with E-state index in [1.54, 1.807) is 14.0 Å². The first-order chi connectivity index (χ1) is 18.1. The lowest BCUT2D eigenvalue weighted by Crippen LogP contribution is -2.60. The molecule has 10 heteroatoms. The lowest BCUT2D eigenvalue weighted by atomic mass is 9.78. The molecule has 9 nitrogen and oxygen atoms in total. The predicted octanol–water partition coefficient (Wildman–Crippen LogP) is 3.10. The monoisotopic (exact) mass is 557 g/mol. The van der Waals surface area contributed by atoms with E-state index < -0.39 is 46.9 Å². The van der Waals surface area contributed by atoms with Crippen LogP contribution in [0, 0.1) is 23.7 Å². The molecule has 2 N–H and O–H groups in total. The first-order valence-corrected chi connectivity index (χ1v) is 14.9. The number of rotatable bonds is 6. The summed E-state index contributed by atoms with van der Waals surface area (Å²) in [4.78, 5) is 40.9. The highest BCUT2D eigenvalue weighted by atomic mass is 32.1. The number of amides is 1. The smallest absolute Gasteiger partial charge is 0.329 e. The van der Waals surface area contributed by atoms with Gasteiger partial charge in [-0.1, -0.05) is 20.8 Å². The minimum absolute atomic E-state index is 0.144. The van der Waals surface area contributed by atoms with E-state index in [2.05, 4.69) is 12.6 Å². The van der Waals surface area contributed by atoms with Crippen molar-refractivity contribution in [1.29, 1.82) is 0 Å². The number of carbonyl (C=O) groups excluding carboxylic acids is 3. The van der Waals surface area contributed by atoms with Crippen LogP contribution in [-0.2, 0) is 28.6 Å². The Morgan fingerprint density at radius 2 is 1.79 bits per heavy atom. The van der Waals surface area contributed by atoms with Gasteiger partial charge in [0, 0.05) is 19.6 Å². The molecule has 10 atom stereocenters. The maximum absolute atomic E-state index is 13.3. The third-order valence-corrected chi connectivity index (χ3v) is 9.41. The van der Waals surface area contributed by atoms with Gasteiger partial charge in [0.25, 0.3) is 11.7 Å². The molecule has 0 aromatic rings. The van der Waals surface area contributed by atoms with Crippen LogP contribution in [0.1, 0.15) is 85.5 Å². The number of ketones is 1. The number of esters is 1. The number of piperidine rings is 1. The number of ether oxygens (including phenoxy) is 3. The molecule has 0 bridgehead atoms. The van der Waals surface area contributed by atoms with E-state index in [0.717, 1.165) is 32.1 Å². The van der Waals surface area contributed by atoms with Crippen molar-refractivity contribution in [3.63, 3.8) is 0 Å². The normalized spacial score (nSPS) is 39.8. The molecule has 0 spiro atoms. The number of hydrogen-bond acceptors (Lipinski definition) is 9. The number of hydrogen-bond donors (Lipinski definition) is 3. The predicted molar refractivity (Wildman–Crippen MR) is 144 cm³/mol. The molecule has 38 heavy (non-hydrogen) atoms. The number of thiol groups is 1. The number of methoxy groups -OCH3 is 1. The lowest BCUT2D eigenvalue weighted by Gasteiger charge is -2.41. The average molecular weight is 558 g/mol. The van der Waals surface area contributed by atoms with E-state index in [4.69, 9.17) is 14.2 Å². The second-order valence-corrected chi connectivity index (χ2v) is 11.8. The van der Waals surface area contributed by atoms with E-state index in [1.165, 1.54) is 4.90 Å². The van der Waals surface area contributed by atoms with Crippen LogP contribution in [0.25, 0.3) is 0 Å². The molecule has 0 radical (unpaired) electrons. The van der Waals surface area contributed by atoms with Crippen molar-refractivity contribution < 1.29 is 38.8 Å². The quantitative estimate of drug-likeness (QED) is 0.259. The Balaban J connectivity index is 0.00000195. The van der Waals surface area contributed by atoms with Crippen LogP contribution in [0.15, 0.2) is 0 Å². The van der Waals surface area contributed by atoms with Gasteiger partial charge < -0.3 is 29.3 Å². The molecule has 2 aliphatic carbocycles. The summed E-state index contributed by atoms with van der Waals surface area (Å²) in [6.45, 7) is 7.79. The minimum atomic E-state index is -2.25. The lowest BCUT2D eigenvalue weighted by molar-refractivity contribution is -0.247. The van der Waals surface area contributed by atoms with Gasteiger partial charge in [0.05, 0.1) is 12.2 Å². The fourth-order valence-electron chi connectivity index (χ4n) is 6.80. The summed E-state index contributed by atoms with van der Waals surface area (Å²) < 4.78 is 16.9. The number of carbonyl (C=O) groups is 3. The van der Waals surface area contributed by atoms with Crippen molar-refractivity contribution in [2.24, 2.45) is 23.7 Å². The highest BCUT2D eigenvalue weighted by Gasteiger charge is 2.52. The standard InChI is InChI=1S/C26H41NO8S.C2H6/c1-14-7-10-21(36)35-26(14,32)23(29)24(30)27-11-5-4-6-19(27)25(31)34-15(2)17-12-16-8-9-20(28)22(33-3)18(16)13-17;1-2/h14-22,28,32,36H,4-13H2,1-3H3;1-2H3. The largest absolute Gasteiger partial charge is 0.461 e. The Kier molecular flexibility index (Phi) is 11.1. The molecule has 2 saturated heterocycles. The summed E-state index contributed by atoms with van der Waals surface area (Å²) in [7, 11) is 1.63. The van der Waals surface area contributed by atoms with E-state index in [9.17, 15) is 24.6 Å². The zero-order chi connectivity index (χ0) is 28.2. The third kappa shape index (κ3) is 6.40. The maximum Gasteiger partial charge on any atom is 0.329 e. The van der Waals surface area contributed by atoms with E-state index in [0.29, 0.717) is 31.6 Å². The number of aliphatic hydroxyl groups is 2. The maximum atomic E-state index is 13.3. The van der Waals surface area contributed by atoms with Crippen LogP contribution in [0.2, 0.25) is 0 Å². The molecule has 1 amide bonds. The Morgan fingerprint density at radius 3 is 2.47 bits per heavy atom. The fourth-order valence-corrected chi connectivity index (χ4v) is 7.10. The molecule has 4 fully saturated rings. The molecular formula is C28H47NO8S. The molecule has 4 rings (SSSR count). The molecule has 4 aliphatic rings.